The topological polar surface area (TPSA) is 242 Å². The van der Waals surface area contributed by atoms with Crippen LogP contribution < -0.4 is 19.5 Å². The SMILES string of the molecule is CN1C(=Cc2cc[n+](CCC[N+](C)(C)CCCCCC(=O)Nc3ccc(CC(CN(CCN(CC(=O)O)CC(=O)O)CC(=O)O)N(CC(=O)O)CC(=O)O)cc3)c3ccccc23)Oc2ccccc21. The number of carbonyl (C=O) groups is 6. The van der Waals surface area contributed by atoms with Gasteiger partial charge in [-0.15, -0.1) is 0 Å². The summed E-state index contributed by atoms with van der Waals surface area (Å²) in [6, 6.07) is 24.5. The number of unbranched alkanes of at least 4 members (excludes halogenated alkanes) is 2. The maximum atomic E-state index is 12.9. The summed E-state index contributed by atoms with van der Waals surface area (Å²) in [5.41, 5.74) is 4.47. The van der Waals surface area contributed by atoms with E-state index in [1.807, 2.05) is 31.3 Å². The zero-order valence-electron chi connectivity index (χ0n) is 39.5. The Morgan fingerprint density at radius 2 is 1.30 bits per heavy atom. The largest absolute Gasteiger partial charge is 0.480 e. The van der Waals surface area contributed by atoms with E-state index >= 15 is 0 Å². The van der Waals surface area contributed by atoms with Crippen LogP contribution in [0.25, 0.3) is 17.0 Å². The number of para-hydroxylation sites is 3. The summed E-state index contributed by atoms with van der Waals surface area (Å²) in [6.45, 7) is -0.643. The predicted molar refractivity (Wildman–Crippen MR) is 258 cm³/mol. The van der Waals surface area contributed by atoms with Crippen molar-refractivity contribution in [3.8, 4) is 5.75 Å². The van der Waals surface area contributed by atoms with Gasteiger partial charge in [-0.1, -0.05) is 36.4 Å². The number of amides is 1. The van der Waals surface area contributed by atoms with Gasteiger partial charge in [-0.3, -0.25) is 43.5 Å². The van der Waals surface area contributed by atoms with Gasteiger partial charge in [0.25, 0.3) is 0 Å². The number of nitrogens with zero attached hydrogens (tertiary/aromatic N) is 6. The first-order chi connectivity index (χ1) is 32.8. The second-order valence-corrected chi connectivity index (χ2v) is 18.1. The van der Waals surface area contributed by atoms with Crippen LogP contribution in [0.3, 0.4) is 0 Å². The van der Waals surface area contributed by atoms with Gasteiger partial charge in [0, 0.05) is 63.0 Å². The normalized spacial score (nSPS) is 13.5. The molecule has 0 fully saturated rings. The highest BCUT2D eigenvalue weighted by molar-refractivity contribution is 5.90. The molecule has 0 spiro atoms. The van der Waals surface area contributed by atoms with E-state index in [4.69, 9.17) is 4.74 Å². The van der Waals surface area contributed by atoms with Crippen molar-refractivity contribution in [2.75, 3.05) is 96.8 Å². The lowest BCUT2D eigenvalue weighted by Crippen LogP contribution is -2.51. The number of aryl methyl sites for hydroxylation is 1. The molecule has 1 aliphatic rings. The second kappa shape index (κ2) is 25.4. The maximum Gasteiger partial charge on any atom is 0.317 e. The molecule has 0 saturated carbocycles. The number of ether oxygens (including phenoxy) is 1. The van der Waals surface area contributed by atoms with Crippen molar-refractivity contribution < 1.29 is 68.1 Å². The van der Waals surface area contributed by atoms with Crippen molar-refractivity contribution in [2.24, 2.45) is 0 Å². The number of nitrogens with one attached hydrogen (secondary N) is 1. The van der Waals surface area contributed by atoms with Gasteiger partial charge in [-0.05, 0) is 67.1 Å². The Labute approximate surface area is 401 Å². The number of carboxylic acid groups (broad SMARTS) is 5. The number of quaternary nitrogens is 1. The van der Waals surface area contributed by atoms with Crippen molar-refractivity contribution in [3.63, 3.8) is 0 Å². The molecule has 0 bridgehead atoms. The molecule has 1 amide bonds. The molecule has 370 valence electrons. The van der Waals surface area contributed by atoms with Crippen LogP contribution in [0.1, 0.15) is 43.2 Å². The number of hydrogen-bond acceptors (Lipinski definition) is 11. The van der Waals surface area contributed by atoms with Crippen molar-refractivity contribution in [3.05, 3.63) is 102 Å². The fraction of sp³-hybridized carbons (Fsp3) is 0.420. The van der Waals surface area contributed by atoms with Gasteiger partial charge in [-0.2, -0.15) is 4.57 Å². The second-order valence-electron chi connectivity index (χ2n) is 18.1. The van der Waals surface area contributed by atoms with Gasteiger partial charge >= 0.3 is 29.8 Å². The van der Waals surface area contributed by atoms with Crippen LogP contribution in [0.2, 0.25) is 0 Å². The number of aromatic nitrogens is 1. The Morgan fingerprint density at radius 1 is 0.710 bits per heavy atom. The summed E-state index contributed by atoms with van der Waals surface area (Å²) in [5, 5.41) is 51.4. The van der Waals surface area contributed by atoms with Gasteiger partial charge in [0.05, 0.1) is 77.4 Å². The van der Waals surface area contributed by atoms with E-state index in [1.54, 1.807) is 24.3 Å². The lowest BCUT2D eigenvalue weighted by atomic mass is 10.0. The molecular formula is C50H65N7O12+2. The highest BCUT2D eigenvalue weighted by Crippen LogP contribution is 2.38. The van der Waals surface area contributed by atoms with Gasteiger partial charge < -0.3 is 45.0 Å². The third kappa shape index (κ3) is 17.3. The van der Waals surface area contributed by atoms with Crippen molar-refractivity contribution >= 4 is 64.1 Å². The Hall–Kier alpha value is -6.93. The molecule has 1 aromatic heterocycles. The molecule has 1 aliphatic heterocycles. The maximum absolute atomic E-state index is 12.9. The summed E-state index contributed by atoms with van der Waals surface area (Å²) in [7, 11) is 6.48. The number of benzene rings is 3. The molecule has 19 heteroatoms. The van der Waals surface area contributed by atoms with E-state index < -0.39 is 68.6 Å². The number of pyridine rings is 1. The molecule has 5 rings (SSSR count). The molecule has 19 nitrogen and oxygen atoms in total. The van der Waals surface area contributed by atoms with Gasteiger partial charge in [0.1, 0.15) is 0 Å². The van der Waals surface area contributed by atoms with Gasteiger partial charge in [-0.25, -0.2) is 0 Å². The average Bonchev–Trinajstić information content (AvgIpc) is 3.59. The van der Waals surface area contributed by atoms with E-state index in [0.717, 1.165) is 82.1 Å². The molecule has 1 atom stereocenters. The molecule has 69 heavy (non-hydrogen) atoms. The first-order valence-electron chi connectivity index (χ1n) is 23.0. The molecular weight excluding hydrogens is 891 g/mol. The molecule has 0 aliphatic carbocycles. The third-order valence-electron chi connectivity index (χ3n) is 12.0. The highest BCUT2D eigenvalue weighted by atomic mass is 16.5. The van der Waals surface area contributed by atoms with E-state index in [1.165, 1.54) is 9.80 Å². The number of carbonyl (C=O) groups excluding carboxylic acids is 1. The summed E-state index contributed by atoms with van der Waals surface area (Å²) in [4.78, 5) is 76.8. The molecule has 2 heterocycles. The van der Waals surface area contributed by atoms with Gasteiger partial charge in [0.15, 0.2) is 18.5 Å². The number of aliphatic carboxylic acids is 5. The van der Waals surface area contributed by atoms with E-state index in [2.05, 4.69) is 71.5 Å². The highest BCUT2D eigenvalue weighted by Gasteiger charge is 2.28. The fourth-order valence-corrected chi connectivity index (χ4v) is 8.59. The Bertz CT molecular complexity index is 2430. The average molecular weight is 956 g/mol. The first-order valence-corrected chi connectivity index (χ1v) is 23.0. The van der Waals surface area contributed by atoms with Crippen LogP contribution in [-0.4, -0.2) is 173 Å². The number of fused-ring (bicyclic) bond motifs is 2. The predicted octanol–water partition coefficient (Wildman–Crippen LogP) is 3.86. The summed E-state index contributed by atoms with van der Waals surface area (Å²) < 4.78 is 9.32. The minimum Gasteiger partial charge on any atom is -0.480 e. The van der Waals surface area contributed by atoms with Gasteiger partial charge in [0.2, 0.25) is 17.3 Å². The Kier molecular flexibility index (Phi) is 19.6. The standard InChI is InChI=1S/C50H63N7O12/c1-52-42-14-8-9-15-43(42)69-45(52)29-37-21-23-55(41-13-7-6-12-40(37)41)22-11-27-57(2,3)26-10-4-5-16-44(58)51-38-19-17-36(18-20-38)28-39(56(34-49(65)66)35-50(67)68)30-53(31-46(59)60)24-25-54(32-47(61)62)33-48(63)64/h6-9,12-15,17-21,23,29,39H,4-5,10-11,16,22,24-28,30-35H2,1-3H3,(H4-2,51,58,59,60,61,62,63,64,65,66,67,68)/p+2. The number of hydrogen-bond donors (Lipinski definition) is 6. The first kappa shape index (κ1) is 53.0. The molecule has 0 saturated heterocycles. The van der Waals surface area contributed by atoms with Crippen LogP contribution >= 0.6 is 0 Å². The van der Waals surface area contributed by atoms with Crippen molar-refractivity contribution in [1.82, 2.24) is 14.7 Å². The lowest BCUT2D eigenvalue weighted by Gasteiger charge is -2.34. The van der Waals surface area contributed by atoms with E-state index in [9.17, 15) is 54.3 Å². The Morgan fingerprint density at radius 3 is 1.96 bits per heavy atom. The third-order valence-corrected chi connectivity index (χ3v) is 12.0. The van der Waals surface area contributed by atoms with E-state index in [0.29, 0.717) is 24.1 Å². The fourth-order valence-electron chi connectivity index (χ4n) is 8.59. The zero-order chi connectivity index (χ0) is 50.1. The monoisotopic (exact) mass is 955 g/mol. The van der Waals surface area contributed by atoms with Crippen LogP contribution in [0.5, 0.6) is 5.75 Å². The number of rotatable bonds is 30. The minimum absolute atomic E-state index is 0.0970. The Balaban J connectivity index is 1.09. The van der Waals surface area contributed by atoms with Crippen molar-refractivity contribution in [2.45, 2.75) is 51.1 Å². The minimum atomic E-state index is -1.30. The van der Waals surface area contributed by atoms with Crippen LogP contribution in [0, 0.1) is 0 Å². The zero-order valence-corrected chi connectivity index (χ0v) is 39.5. The van der Waals surface area contributed by atoms with Crippen LogP contribution in [-0.2, 0) is 41.7 Å². The quantitative estimate of drug-likeness (QED) is 0.0247. The lowest BCUT2D eigenvalue weighted by molar-refractivity contribution is -0.892. The molecule has 1 unspecified atom stereocenters. The summed E-state index contributed by atoms with van der Waals surface area (Å²) in [6.07, 6.45) is 8.21. The smallest absolute Gasteiger partial charge is 0.317 e. The van der Waals surface area contributed by atoms with Crippen LogP contribution in [0.4, 0.5) is 11.4 Å². The summed E-state index contributed by atoms with van der Waals surface area (Å²) >= 11 is 0. The molecule has 4 aromatic rings. The molecule has 0 radical (unpaired) electrons. The molecule has 3 aromatic carbocycles. The number of carboxylic acids is 5. The number of anilines is 2. The van der Waals surface area contributed by atoms with Crippen molar-refractivity contribution in [1.29, 1.82) is 0 Å². The van der Waals surface area contributed by atoms with E-state index in [-0.39, 0.29) is 32.0 Å². The van der Waals surface area contributed by atoms with Crippen LogP contribution in [0.15, 0.2) is 90.9 Å². The summed E-state index contributed by atoms with van der Waals surface area (Å²) in [5.74, 6) is -4.91. The molecule has 6 N–H and O–H groups in total.